The van der Waals surface area contributed by atoms with Gasteiger partial charge in [-0.1, -0.05) is 0 Å². The Morgan fingerprint density at radius 3 is 2.83 bits per heavy atom. The van der Waals surface area contributed by atoms with E-state index in [9.17, 15) is 31.5 Å². The third-order valence-electron chi connectivity index (χ3n) is 4.68. The first kappa shape index (κ1) is 19.9. The molecule has 0 aliphatic carbocycles. The first-order valence-corrected chi connectivity index (χ1v) is 8.65. The van der Waals surface area contributed by atoms with Gasteiger partial charge in [0.15, 0.2) is 5.69 Å². The van der Waals surface area contributed by atoms with Gasteiger partial charge in [-0.05, 0) is 6.07 Å². The lowest BCUT2D eigenvalue weighted by atomic mass is 10.1. The average Bonchev–Trinajstić information content (AvgIpc) is 3.03. The monoisotopic (exact) mass is 428 g/mol. The Bertz CT molecular complexity index is 1040. The molecule has 0 bridgehead atoms. The molecule has 0 unspecified atom stereocenters. The quantitative estimate of drug-likeness (QED) is 0.737. The first-order valence-electron chi connectivity index (χ1n) is 8.65. The van der Waals surface area contributed by atoms with Crippen LogP contribution in [0.4, 0.5) is 32.4 Å². The number of pyridine rings is 1. The average molecular weight is 428 g/mol. The van der Waals surface area contributed by atoms with Crippen molar-refractivity contribution >= 4 is 17.6 Å². The molecule has 12 heteroatoms. The molecular formula is C18H13F5N4O3. The van der Waals surface area contributed by atoms with Gasteiger partial charge in [0.1, 0.15) is 30.5 Å². The number of aromatic nitrogens is 1. The molecule has 3 amide bonds. The normalized spacial score (nSPS) is 17.7. The minimum Gasteiger partial charge on any atom is -0.490 e. The molecule has 0 saturated carbocycles. The number of hydrogen-bond acceptors (Lipinski definition) is 4. The van der Waals surface area contributed by atoms with Crippen molar-refractivity contribution in [2.75, 3.05) is 18.5 Å². The van der Waals surface area contributed by atoms with Crippen LogP contribution in [-0.2, 0) is 17.5 Å². The van der Waals surface area contributed by atoms with E-state index < -0.39 is 54.6 Å². The van der Waals surface area contributed by atoms with Crippen LogP contribution in [0.3, 0.4) is 0 Å². The fraction of sp³-hybridized carbons (Fsp3) is 0.278. The topological polar surface area (TPSA) is 83.6 Å². The van der Waals surface area contributed by atoms with E-state index in [0.29, 0.717) is 6.07 Å². The third-order valence-corrected chi connectivity index (χ3v) is 4.68. The number of urea groups is 1. The van der Waals surface area contributed by atoms with Crippen LogP contribution in [0, 0.1) is 11.6 Å². The molecule has 0 spiro atoms. The van der Waals surface area contributed by atoms with E-state index in [1.165, 1.54) is 6.07 Å². The molecule has 158 valence electrons. The number of nitrogens with one attached hydrogen (secondary N) is 2. The Balaban J connectivity index is 1.49. The molecule has 1 atom stereocenters. The summed E-state index contributed by atoms with van der Waals surface area (Å²) in [6.45, 7) is -1.24. The Labute approximate surface area is 165 Å². The van der Waals surface area contributed by atoms with Crippen LogP contribution in [0.15, 0.2) is 24.4 Å². The summed E-state index contributed by atoms with van der Waals surface area (Å²) in [7, 11) is 0. The van der Waals surface area contributed by atoms with E-state index in [4.69, 9.17) is 4.74 Å². The maximum Gasteiger partial charge on any atom is 0.433 e. The molecule has 4 rings (SSSR count). The van der Waals surface area contributed by atoms with E-state index in [0.717, 1.165) is 17.2 Å². The molecule has 0 radical (unpaired) electrons. The first-order chi connectivity index (χ1) is 14.1. The van der Waals surface area contributed by atoms with Crippen molar-refractivity contribution in [3.05, 3.63) is 52.9 Å². The van der Waals surface area contributed by atoms with E-state index in [1.807, 2.05) is 0 Å². The Morgan fingerprint density at radius 1 is 1.33 bits per heavy atom. The van der Waals surface area contributed by atoms with Crippen molar-refractivity contribution < 1.29 is 36.3 Å². The highest BCUT2D eigenvalue weighted by molar-refractivity contribution is 5.95. The number of benzene rings is 1. The van der Waals surface area contributed by atoms with Gasteiger partial charge in [-0.2, -0.15) is 13.2 Å². The van der Waals surface area contributed by atoms with Crippen LogP contribution >= 0.6 is 0 Å². The van der Waals surface area contributed by atoms with Crippen LogP contribution in [0.25, 0.3) is 0 Å². The van der Waals surface area contributed by atoms with Gasteiger partial charge >= 0.3 is 12.2 Å². The van der Waals surface area contributed by atoms with Crippen LogP contribution < -0.4 is 15.4 Å². The number of carbonyl (C=O) groups excluding carboxylic acids is 2. The minimum atomic E-state index is -4.74. The standard InChI is InChI=1S/C18H13F5N4O3/c19-8-3-10(20)15-12(7-30-13(15)4-8)25-14(28)6-27-5-9-11(26-17(27)29)1-2-24-16(9)18(21,22)23/h1-4,12H,5-7H2,(H,25,28)(H,26,29)/t12-/m1/s1. The number of amides is 3. The molecule has 2 aromatic rings. The van der Waals surface area contributed by atoms with E-state index in [-0.39, 0.29) is 29.2 Å². The highest BCUT2D eigenvalue weighted by Crippen LogP contribution is 2.37. The zero-order valence-electron chi connectivity index (χ0n) is 15.0. The van der Waals surface area contributed by atoms with Crippen molar-refractivity contribution in [3.63, 3.8) is 0 Å². The van der Waals surface area contributed by atoms with Crippen molar-refractivity contribution in [1.82, 2.24) is 15.2 Å². The van der Waals surface area contributed by atoms with Crippen LogP contribution in [-0.4, -0.2) is 35.0 Å². The summed E-state index contributed by atoms with van der Waals surface area (Å²) in [4.78, 5) is 28.8. The lowest BCUT2D eigenvalue weighted by molar-refractivity contribution is -0.142. The third kappa shape index (κ3) is 3.60. The molecule has 0 saturated heterocycles. The zero-order valence-corrected chi connectivity index (χ0v) is 15.0. The number of alkyl halides is 3. The maximum absolute atomic E-state index is 14.0. The fourth-order valence-electron chi connectivity index (χ4n) is 3.40. The number of halogens is 5. The molecular weight excluding hydrogens is 415 g/mol. The molecule has 3 heterocycles. The second-order valence-corrected chi connectivity index (χ2v) is 6.70. The number of nitrogens with zero attached hydrogens (tertiary/aromatic N) is 2. The zero-order chi connectivity index (χ0) is 21.6. The summed E-state index contributed by atoms with van der Waals surface area (Å²) in [5.41, 5.74) is -1.51. The minimum absolute atomic E-state index is 0.0400. The molecule has 30 heavy (non-hydrogen) atoms. The van der Waals surface area contributed by atoms with Crippen molar-refractivity contribution in [2.45, 2.75) is 18.8 Å². The van der Waals surface area contributed by atoms with Gasteiger partial charge in [-0.25, -0.2) is 13.6 Å². The van der Waals surface area contributed by atoms with E-state index >= 15 is 0 Å². The Hall–Kier alpha value is -3.44. The van der Waals surface area contributed by atoms with Gasteiger partial charge < -0.3 is 20.3 Å². The molecule has 2 aliphatic heterocycles. The number of hydrogen-bond donors (Lipinski definition) is 2. The summed E-state index contributed by atoms with van der Waals surface area (Å²) in [5.74, 6) is -2.55. The second kappa shape index (κ2) is 7.11. The number of anilines is 1. The van der Waals surface area contributed by atoms with Crippen LogP contribution in [0.2, 0.25) is 0 Å². The highest BCUT2D eigenvalue weighted by Gasteiger charge is 2.39. The van der Waals surface area contributed by atoms with Gasteiger partial charge in [0.2, 0.25) is 5.91 Å². The highest BCUT2D eigenvalue weighted by atomic mass is 19.4. The predicted octanol–water partition coefficient (Wildman–Crippen LogP) is 2.98. The molecule has 7 nitrogen and oxygen atoms in total. The second-order valence-electron chi connectivity index (χ2n) is 6.70. The summed E-state index contributed by atoms with van der Waals surface area (Å²) in [6, 6.07) is 1.15. The van der Waals surface area contributed by atoms with Crippen molar-refractivity contribution in [2.24, 2.45) is 0 Å². The number of rotatable bonds is 3. The van der Waals surface area contributed by atoms with Crippen LogP contribution in [0.5, 0.6) is 5.75 Å². The van der Waals surface area contributed by atoms with Crippen molar-refractivity contribution in [1.29, 1.82) is 0 Å². The largest absolute Gasteiger partial charge is 0.490 e. The molecule has 1 aromatic heterocycles. The molecule has 2 N–H and O–H groups in total. The SMILES string of the molecule is O=C(CN1Cc2c(ccnc2C(F)(F)F)NC1=O)N[C@@H]1COc2cc(F)cc(F)c21. The lowest BCUT2D eigenvalue weighted by Gasteiger charge is -2.30. The van der Waals surface area contributed by atoms with E-state index in [1.54, 1.807) is 0 Å². The summed E-state index contributed by atoms with van der Waals surface area (Å²) < 4.78 is 72.0. The smallest absolute Gasteiger partial charge is 0.433 e. The van der Waals surface area contributed by atoms with Gasteiger partial charge in [0.05, 0.1) is 23.8 Å². The Kier molecular flexibility index (Phi) is 4.71. The maximum atomic E-state index is 14.0. The Morgan fingerprint density at radius 2 is 2.10 bits per heavy atom. The van der Waals surface area contributed by atoms with Gasteiger partial charge in [-0.15, -0.1) is 0 Å². The number of fused-ring (bicyclic) bond motifs is 2. The summed E-state index contributed by atoms with van der Waals surface area (Å²) in [5, 5.41) is 4.74. The summed E-state index contributed by atoms with van der Waals surface area (Å²) >= 11 is 0. The molecule has 1 aromatic carbocycles. The molecule has 2 aliphatic rings. The van der Waals surface area contributed by atoms with Crippen LogP contribution in [0.1, 0.15) is 22.9 Å². The van der Waals surface area contributed by atoms with Gasteiger partial charge in [0.25, 0.3) is 0 Å². The number of ether oxygens (including phenoxy) is 1. The van der Waals surface area contributed by atoms with Gasteiger partial charge in [0, 0.05) is 23.9 Å². The van der Waals surface area contributed by atoms with Gasteiger partial charge in [-0.3, -0.25) is 9.78 Å². The lowest BCUT2D eigenvalue weighted by Crippen LogP contribution is -2.46. The fourth-order valence-corrected chi connectivity index (χ4v) is 3.40. The van der Waals surface area contributed by atoms with Crippen molar-refractivity contribution in [3.8, 4) is 5.75 Å². The molecule has 0 fully saturated rings. The summed E-state index contributed by atoms with van der Waals surface area (Å²) in [6.07, 6.45) is -3.81. The number of carbonyl (C=O) groups is 2. The van der Waals surface area contributed by atoms with E-state index in [2.05, 4.69) is 15.6 Å². The predicted molar refractivity (Wildman–Crippen MR) is 91.4 cm³/mol.